The lowest BCUT2D eigenvalue weighted by Crippen LogP contribution is -2.34. The summed E-state index contributed by atoms with van der Waals surface area (Å²) in [7, 11) is 1.87. The molecule has 0 aliphatic carbocycles. The molecule has 0 atom stereocenters. The van der Waals surface area contributed by atoms with E-state index < -0.39 is 0 Å². The molecule has 0 spiro atoms. The Labute approximate surface area is 141 Å². The molecule has 0 fully saturated rings. The van der Waals surface area contributed by atoms with Crippen molar-refractivity contribution in [2.75, 3.05) is 6.54 Å². The molecule has 0 aromatic carbocycles. The van der Waals surface area contributed by atoms with Gasteiger partial charge in [0.1, 0.15) is 5.69 Å². The van der Waals surface area contributed by atoms with E-state index in [0.717, 1.165) is 17.0 Å². The van der Waals surface area contributed by atoms with Crippen LogP contribution in [0.3, 0.4) is 0 Å². The summed E-state index contributed by atoms with van der Waals surface area (Å²) in [4.78, 5) is 23.7. The van der Waals surface area contributed by atoms with E-state index in [9.17, 15) is 9.59 Å². The predicted molar refractivity (Wildman–Crippen MR) is 90.5 cm³/mol. The Morgan fingerprint density at radius 2 is 2.04 bits per heavy atom. The fraction of sp³-hybridized carbons (Fsp3) is 0.500. The van der Waals surface area contributed by atoms with Crippen molar-refractivity contribution in [2.24, 2.45) is 7.05 Å². The minimum Gasteiger partial charge on any atom is -0.354 e. The van der Waals surface area contributed by atoms with Crippen molar-refractivity contribution in [1.29, 1.82) is 0 Å². The summed E-state index contributed by atoms with van der Waals surface area (Å²) >= 11 is 0. The van der Waals surface area contributed by atoms with Crippen LogP contribution < -0.4 is 10.6 Å². The number of H-pyrrole nitrogens is 1. The summed E-state index contributed by atoms with van der Waals surface area (Å²) in [6.07, 6.45) is 0.242. The summed E-state index contributed by atoms with van der Waals surface area (Å²) in [5.74, 6) is -0.373. The minimum absolute atomic E-state index is 0.0859. The van der Waals surface area contributed by atoms with Crippen LogP contribution >= 0.6 is 0 Å². The predicted octanol–water partition coefficient (Wildman–Crippen LogP) is 1.07. The van der Waals surface area contributed by atoms with Crippen LogP contribution in [-0.4, -0.2) is 44.4 Å². The lowest BCUT2D eigenvalue weighted by atomic mass is 10.1. The van der Waals surface area contributed by atoms with E-state index in [4.69, 9.17) is 0 Å². The number of rotatable bonds is 6. The van der Waals surface area contributed by atoms with Crippen molar-refractivity contribution in [3.05, 3.63) is 23.1 Å². The number of aromatic amines is 1. The number of carbonyl (C=O) groups excluding carboxylic acids is 2. The fourth-order valence-electron chi connectivity index (χ4n) is 2.49. The second kappa shape index (κ2) is 7.29. The van der Waals surface area contributed by atoms with E-state index in [2.05, 4.69) is 25.9 Å². The number of nitrogens with zero attached hydrogens (tertiary/aromatic N) is 3. The first kappa shape index (κ1) is 17.7. The molecule has 8 heteroatoms. The summed E-state index contributed by atoms with van der Waals surface area (Å²) in [5.41, 5.74) is 3.80. The zero-order valence-electron chi connectivity index (χ0n) is 14.7. The highest BCUT2D eigenvalue weighted by atomic mass is 16.2. The van der Waals surface area contributed by atoms with Gasteiger partial charge in [0.05, 0.1) is 11.4 Å². The van der Waals surface area contributed by atoms with Gasteiger partial charge in [-0.1, -0.05) is 0 Å². The zero-order valence-corrected chi connectivity index (χ0v) is 14.7. The summed E-state index contributed by atoms with van der Waals surface area (Å²) in [6, 6.07) is 1.79. The molecule has 3 N–H and O–H groups in total. The second-order valence-electron chi connectivity index (χ2n) is 6.06. The van der Waals surface area contributed by atoms with Gasteiger partial charge < -0.3 is 10.6 Å². The van der Waals surface area contributed by atoms with E-state index in [1.165, 1.54) is 0 Å². The standard InChI is InChI=1S/C16H24N6O2/c1-9(2)18-14(23)6-7-17-16(24)13-8-12(19-20-13)15-10(3)21-22(5)11(15)4/h8-9H,6-7H2,1-5H3,(H,17,24)(H,18,23)(H,19,20). The van der Waals surface area contributed by atoms with Crippen LogP contribution in [0.4, 0.5) is 0 Å². The van der Waals surface area contributed by atoms with Gasteiger partial charge in [-0.3, -0.25) is 19.4 Å². The van der Waals surface area contributed by atoms with Crippen LogP contribution in [0, 0.1) is 13.8 Å². The lowest BCUT2D eigenvalue weighted by molar-refractivity contribution is -0.121. The van der Waals surface area contributed by atoms with Crippen LogP contribution in [0.25, 0.3) is 11.3 Å². The van der Waals surface area contributed by atoms with E-state index in [1.54, 1.807) is 10.7 Å². The van der Waals surface area contributed by atoms with Crippen LogP contribution in [0.2, 0.25) is 0 Å². The second-order valence-corrected chi connectivity index (χ2v) is 6.06. The molecule has 0 saturated carbocycles. The van der Waals surface area contributed by atoms with Gasteiger partial charge in [-0.15, -0.1) is 0 Å². The van der Waals surface area contributed by atoms with Crippen molar-refractivity contribution in [3.8, 4) is 11.3 Å². The summed E-state index contributed by atoms with van der Waals surface area (Å²) in [6.45, 7) is 7.92. The van der Waals surface area contributed by atoms with Crippen LogP contribution in [0.5, 0.6) is 0 Å². The number of nitrogens with one attached hydrogen (secondary N) is 3. The Morgan fingerprint density at radius 3 is 2.62 bits per heavy atom. The molecule has 0 radical (unpaired) electrons. The zero-order chi connectivity index (χ0) is 17.9. The molecule has 0 aliphatic heterocycles. The van der Waals surface area contributed by atoms with Crippen molar-refractivity contribution in [3.63, 3.8) is 0 Å². The number of aryl methyl sites for hydroxylation is 2. The van der Waals surface area contributed by atoms with Crippen LogP contribution in [0.15, 0.2) is 6.07 Å². The fourth-order valence-corrected chi connectivity index (χ4v) is 2.49. The first-order chi connectivity index (χ1) is 11.3. The average molecular weight is 332 g/mol. The van der Waals surface area contributed by atoms with Gasteiger partial charge in [0.25, 0.3) is 5.91 Å². The molecule has 0 aliphatic rings. The molecule has 130 valence electrons. The molecule has 24 heavy (non-hydrogen) atoms. The monoisotopic (exact) mass is 332 g/mol. The van der Waals surface area contributed by atoms with Gasteiger partial charge in [-0.2, -0.15) is 10.2 Å². The van der Waals surface area contributed by atoms with Crippen molar-refractivity contribution >= 4 is 11.8 Å². The lowest BCUT2D eigenvalue weighted by Gasteiger charge is -2.08. The van der Waals surface area contributed by atoms with Gasteiger partial charge in [-0.05, 0) is 33.8 Å². The average Bonchev–Trinajstić information content (AvgIpc) is 3.04. The molecule has 2 aromatic rings. The Morgan fingerprint density at radius 1 is 1.33 bits per heavy atom. The molecular formula is C16H24N6O2. The minimum atomic E-state index is -0.287. The van der Waals surface area contributed by atoms with Gasteiger partial charge in [0.2, 0.25) is 5.91 Å². The maximum absolute atomic E-state index is 12.1. The van der Waals surface area contributed by atoms with Gasteiger partial charge in [0.15, 0.2) is 0 Å². The molecular weight excluding hydrogens is 308 g/mol. The van der Waals surface area contributed by atoms with E-state index in [0.29, 0.717) is 11.4 Å². The van der Waals surface area contributed by atoms with Crippen molar-refractivity contribution in [1.82, 2.24) is 30.6 Å². The quantitative estimate of drug-likeness (QED) is 0.736. The molecule has 0 bridgehead atoms. The molecule has 0 saturated heterocycles. The van der Waals surface area contributed by atoms with Crippen LogP contribution in [0.1, 0.15) is 42.1 Å². The highest BCUT2D eigenvalue weighted by Gasteiger charge is 2.17. The van der Waals surface area contributed by atoms with Crippen LogP contribution in [-0.2, 0) is 11.8 Å². The highest BCUT2D eigenvalue weighted by Crippen LogP contribution is 2.25. The first-order valence-electron chi connectivity index (χ1n) is 7.93. The molecule has 0 unspecified atom stereocenters. The summed E-state index contributed by atoms with van der Waals surface area (Å²) < 4.78 is 1.78. The number of hydrogen-bond acceptors (Lipinski definition) is 4. The normalized spacial score (nSPS) is 10.9. The van der Waals surface area contributed by atoms with E-state index >= 15 is 0 Å². The SMILES string of the molecule is Cc1nn(C)c(C)c1-c1cc(C(=O)NCCC(=O)NC(C)C)[nH]n1. The Balaban J connectivity index is 1.98. The van der Waals surface area contributed by atoms with Gasteiger partial charge in [0, 0.05) is 37.3 Å². The third-order valence-corrected chi connectivity index (χ3v) is 3.67. The third-order valence-electron chi connectivity index (χ3n) is 3.67. The third kappa shape index (κ3) is 4.01. The summed E-state index contributed by atoms with van der Waals surface area (Å²) in [5, 5.41) is 16.8. The Kier molecular flexibility index (Phi) is 5.38. The smallest absolute Gasteiger partial charge is 0.269 e. The molecule has 8 nitrogen and oxygen atoms in total. The Bertz CT molecular complexity index is 744. The molecule has 2 rings (SSSR count). The van der Waals surface area contributed by atoms with E-state index in [1.807, 2.05) is 34.7 Å². The van der Waals surface area contributed by atoms with Crippen molar-refractivity contribution in [2.45, 2.75) is 40.2 Å². The number of carbonyl (C=O) groups is 2. The highest BCUT2D eigenvalue weighted by molar-refractivity contribution is 5.93. The maximum atomic E-state index is 12.1. The van der Waals surface area contributed by atoms with Gasteiger partial charge in [-0.25, -0.2) is 0 Å². The maximum Gasteiger partial charge on any atom is 0.269 e. The Hall–Kier alpha value is -2.64. The molecule has 2 aromatic heterocycles. The topological polar surface area (TPSA) is 105 Å². The van der Waals surface area contributed by atoms with E-state index in [-0.39, 0.29) is 30.8 Å². The number of aromatic nitrogens is 4. The number of hydrogen-bond donors (Lipinski definition) is 3. The first-order valence-corrected chi connectivity index (χ1v) is 7.93. The molecule has 2 amide bonds. The largest absolute Gasteiger partial charge is 0.354 e. The van der Waals surface area contributed by atoms with Gasteiger partial charge >= 0.3 is 0 Å². The molecule has 2 heterocycles. The number of amides is 2. The van der Waals surface area contributed by atoms with Crippen molar-refractivity contribution < 1.29 is 9.59 Å².